The van der Waals surface area contributed by atoms with Crippen LogP contribution >= 0.6 is 0 Å². The van der Waals surface area contributed by atoms with Gasteiger partial charge >= 0.3 is 0 Å². The summed E-state index contributed by atoms with van der Waals surface area (Å²) in [4.78, 5) is 25.7. The van der Waals surface area contributed by atoms with E-state index in [-0.39, 0.29) is 23.6 Å². The van der Waals surface area contributed by atoms with Gasteiger partial charge in [0.2, 0.25) is 0 Å². The monoisotopic (exact) mass is 642 g/mol. The smallest absolute Gasteiger partial charge is 0.287 e. The standard InChI is InChI=1S/C41H31FN6O/c1-27(28-17-19-33(42)20-18-28)44-40(49)39-45-35-25-34-37(26-36(35)46-39)48(47-38(34)29-21-23-43-24-22-29)41(30-11-5-2-6-12-30,31-13-7-3-8-14-31)32-15-9-4-10-16-32/h2-27H,1H3,(H,44,49)(H,45,46). The van der Waals surface area contributed by atoms with Crippen molar-refractivity contribution in [1.29, 1.82) is 0 Å². The van der Waals surface area contributed by atoms with Crippen LogP contribution in [0, 0.1) is 5.82 Å². The minimum atomic E-state index is -0.869. The van der Waals surface area contributed by atoms with E-state index >= 15 is 0 Å². The van der Waals surface area contributed by atoms with Gasteiger partial charge in [-0.3, -0.25) is 9.78 Å². The number of carbonyl (C=O) groups excluding carboxylic acids is 1. The first-order chi connectivity index (χ1) is 24.0. The van der Waals surface area contributed by atoms with E-state index in [1.807, 2.05) is 49.4 Å². The number of nitrogens with one attached hydrogen (secondary N) is 2. The van der Waals surface area contributed by atoms with Gasteiger partial charge in [-0.25, -0.2) is 14.1 Å². The van der Waals surface area contributed by atoms with Gasteiger partial charge in [0.25, 0.3) is 5.91 Å². The van der Waals surface area contributed by atoms with Crippen molar-refractivity contribution in [3.8, 4) is 11.3 Å². The van der Waals surface area contributed by atoms with Crippen LogP contribution in [0.5, 0.6) is 0 Å². The van der Waals surface area contributed by atoms with Gasteiger partial charge in [0.05, 0.1) is 22.6 Å². The number of benzene rings is 5. The third-order valence-electron chi connectivity index (χ3n) is 9.06. The van der Waals surface area contributed by atoms with Crippen LogP contribution in [0.3, 0.4) is 0 Å². The molecular formula is C41H31FN6O. The number of hydrogen-bond donors (Lipinski definition) is 2. The molecule has 8 heteroatoms. The maximum Gasteiger partial charge on any atom is 0.287 e. The van der Waals surface area contributed by atoms with Gasteiger partial charge in [0.15, 0.2) is 5.82 Å². The first-order valence-corrected chi connectivity index (χ1v) is 16.1. The number of aromatic amines is 1. The molecule has 3 aromatic heterocycles. The average Bonchev–Trinajstić information content (AvgIpc) is 3.75. The van der Waals surface area contributed by atoms with E-state index in [2.05, 4.69) is 92.8 Å². The first kappa shape index (κ1) is 30.0. The molecule has 2 N–H and O–H groups in total. The summed E-state index contributed by atoms with van der Waals surface area (Å²) in [5.74, 6) is -0.505. The molecule has 0 aliphatic heterocycles. The molecule has 0 bridgehead atoms. The van der Waals surface area contributed by atoms with E-state index in [0.717, 1.165) is 44.4 Å². The fraction of sp³-hybridized carbons (Fsp3) is 0.0732. The van der Waals surface area contributed by atoms with Crippen molar-refractivity contribution < 1.29 is 9.18 Å². The molecule has 1 amide bonds. The van der Waals surface area contributed by atoms with E-state index < -0.39 is 5.54 Å². The van der Waals surface area contributed by atoms with Crippen LogP contribution in [-0.4, -0.2) is 30.6 Å². The zero-order valence-corrected chi connectivity index (χ0v) is 26.6. The number of amides is 1. The fourth-order valence-electron chi connectivity index (χ4n) is 6.71. The van der Waals surface area contributed by atoms with Crippen molar-refractivity contribution in [1.82, 2.24) is 30.0 Å². The second-order valence-corrected chi connectivity index (χ2v) is 12.0. The molecule has 7 nitrogen and oxygen atoms in total. The molecule has 0 spiro atoms. The quantitative estimate of drug-likeness (QED) is 0.163. The van der Waals surface area contributed by atoms with Gasteiger partial charge in [-0.05, 0) is 65.6 Å². The molecule has 1 unspecified atom stereocenters. The number of halogens is 1. The Morgan fingerprint density at radius 3 is 1.92 bits per heavy atom. The normalized spacial score (nSPS) is 12.3. The molecule has 8 rings (SSSR count). The van der Waals surface area contributed by atoms with E-state index in [9.17, 15) is 9.18 Å². The van der Waals surface area contributed by atoms with Crippen molar-refractivity contribution >= 4 is 27.8 Å². The summed E-state index contributed by atoms with van der Waals surface area (Å²) in [6, 6.07) is 44.9. The van der Waals surface area contributed by atoms with Crippen LogP contribution in [0.4, 0.5) is 4.39 Å². The van der Waals surface area contributed by atoms with Crippen LogP contribution in [0.15, 0.2) is 152 Å². The summed E-state index contributed by atoms with van der Waals surface area (Å²) in [5.41, 5.74) is 6.89. The second-order valence-electron chi connectivity index (χ2n) is 12.0. The Balaban J connectivity index is 1.37. The molecular weight excluding hydrogens is 611 g/mol. The van der Waals surface area contributed by atoms with Crippen LogP contribution in [0.25, 0.3) is 33.2 Å². The van der Waals surface area contributed by atoms with Crippen molar-refractivity contribution in [2.24, 2.45) is 0 Å². The highest BCUT2D eigenvalue weighted by atomic mass is 19.1. The van der Waals surface area contributed by atoms with E-state index in [1.54, 1.807) is 24.5 Å². The zero-order valence-electron chi connectivity index (χ0n) is 26.6. The summed E-state index contributed by atoms with van der Waals surface area (Å²) in [6.07, 6.45) is 3.52. The number of pyridine rings is 1. The molecule has 8 aromatic rings. The summed E-state index contributed by atoms with van der Waals surface area (Å²) in [6.45, 7) is 1.86. The summed E-state index contributed by atoms with van der Waals surface area (Å²) >= 11 is 0. The highest BCUT2D eigenvalue weighted by Crippen LogP contribution is 2.44. The molecule has 0 saturated carbocycles. The van der Waals surface area contributed by atoms with Crippen LogP contribution in [0.2, 0.25) is 0 Å². The molecule has 0 fully saturated rings. The van der Waals surface area contributed by atoms with Crippen LogP contribution in [0.1, 0.15) is 45.8 Å². The van der Waals surface area contributed by atoms with Gasteiger partial charge in [-0.1, -0.05) is 103 Å². The zero-order chi connectivity index (χ0) is 33.4. The lowest BCUT2D eigenvalue weighted by Crippen LogP contribution is -2.38. The lowest BCUT2D eigenvalue weighted by molar-refractivity contribution is 0.0930. The molecule has 0 radical (unpaired) electrons. The Labute approximate surface area is 282 Å². The van der Waals surface area contributed by atoms with Crippen molar-refractivity contribution in [2.45, 2.75) is 18.5 Å². The maximum atomic E-state index is 13.5. The molecule has 1 atom stereocenters. The summed E-state index contributed by atoms with van der Waals surface area (Å²) < 4.78 is 15.6. The SMILES string of the molecule is CC(NC(=O)c1nc2cc3c(-c4ccncc4)nn(C(c4ccccc4)(c4ccccc4)c4ccccc4)c3cc2[nH]1)c1ccc(F)cc1. The molecule has 49 heavy (non-hydrogen) atoms. The van der Waals surface area contributed by atoms with Gasteiger partial charge in [0, 0.05) is 23.3 Å². The number of aromatic nitrogens is 5. The van der Waals surface area contributed by atoms with Gasteiger partial charge in [-0.2, -0.15) is 5.10 Å². The summed E-state index contributed by atoms with van der Waals surface area (Å²) in [7, 11) is 0. The van der Waals surface area contributed by atoms with Gasteiger partial charge in [-0.15, -0.1) is 0 Å². The highest BCUT2D eigenvalue weighted by molar-refractivity contribution is 6.03. The number of carbonyl (C=O) groups is 1. The molecule has 0 aliphatic carbocycles. The number of hydrogen-bond acceptors (Lipinski definition) is 4. The van der Waals surface area contributed by atoms with Crippen molar-refractivity contribution in [3.63, 3.8) is 0 Å². The lowest BCUT2D eigenvalue weighted by Gasteiger charge is -2.37. The van der Waals surface area contributed by atoms with Crippen molar-refractivity contribution in [3.05, 3.63) is 186 Å². The molecule has 5 aromatic carbocycles. The number of rotatable bonds is 8. The highest BCUT2D eigenvalue weighted by Gasteiger charge is 2.41. The Hall–Kier alpha value is -6.41. The Bertz CT molecular complexity index is 2290. The number of H-pyrrole nitrogens is 1. The minimum Gasteiger partial charge on any atom is -0.343 e. The summed E-state index contributed by atoms with van der Waals surface area (Å²) in [5, 5.41) is 9.31. The average molecular weight is 643 g/mol. The second kappa shape index (κ2) is 12.3. The number of imidazole rings is 1. The largest absolute Gasteiger partial charge is 0.343 e. The lowest BCUT2D eigenvalue weighted by atomic mass is 9.77. The topological polar surface area (TPSA) is 88.5 Å². The predicted molar refractivity (Wildman–Crippen MR) is 190 cm³/mol. The minimum absolute atomic E-state index is 0.182. The fourth-order valence-corrected chi connectivity index (χ4v) is 6.71. The third kappa shape index (κ3) is 5.23. The molecule has 0 aliphatic rings. The van der Waals surface area contributed by atoms with Gasteiger partial charge in [0.1, 0.15) is 17.1 Å². The van der Waals surface area contributed by atoms with Crippen LogP contribution < -0.4 is 5.32 Å². The predicted octanol–water partition coefficient (Wildman–Crippen LogP) is 8.44. The number of fused-ring (bicyclic) bond motifs is 2. The van der Waals surface area contributed by atoms with E-state index in [1.165, 1.54) is 12.1 Å². The maximum absolute atomic E-state index is 13.5. The van der Waals surface area contributed by atoms with Crippen molar-refractivity contribution in [2.75, 3.05) is 0 Å². The Morgan fingerprint density at radius 2 is 1.35 bits per heavy atom. The molecule has 0 saturated heterocycles. The van der Waals surface area contributed by atoms with Gasteiger partial charge < -0.3 is 10.3 Å². The number of nitrogens with zero attached hydrogens (tertiary/aromatic N) is 4. The van der Waals surface area contributed by atoms with E-state index in [0.29, 0.717) is 11.0 Å². The Morgan fingerprint density at radius 1 is 0.776 bits per heavy atom. The first-order valence-electron chi connectivity index (χ1n) is 16.1. The Kier molecular flexibility index (Phi) is 7.53. The van der Waals surface area contributed by atoms with Crippen LogP contribution in [-0.2, 0) is 5.54 Å². The molecule has 3 heterocycles. The third-order valence-corrected chi connectivity index (χ3v) is 9.06. The van der Waals surface area contributed by atoms with E-state index in [4.69, 9.17) is 10.1 Å². The molecule has 238 valence electrons.